The highest BCUT2D eigenvalue weighted by molar-refractivity contribution is 7.80. The number of aromatic nitrogens is 1. The number of para-hydroxylation sites is 1. The van der Waals surface area contributed by atoms with Gasteiger partial charge in [-0.2, -0.15) is 0 Å². The van der Waals surface area contributed by atoms with Gasteiger partial charge in [-0.3, -0.25) is 4.98 Å². The monoisotopic (exact) mass is 202 g/mol. The summed E-state index contributed by atoms with van der Waals surface area (Å²) in [6.45, 7) is 1.92. The number of pyridine rings is 1. The van der Waals surface area contributed by atoms with Crippen LogP contribution in [0.1, 0.15) is 11.3 Å². The van der Waals surface area contributed by atoms with Gasteiger partial charge in [-0.1, -0.05) is 30.4 Å². The molecule has 2 aromatic rings. The van der Waals surface area contributed by atoms with Crippen LogP contribution in [0.25, 0.3) is 10.9 Å². The summed E-state index contributed by atoms with van der Waals surface area (Å²) >= 11 is 4.95. The number of aryl methyl sites for hydroxylation is 1. The largest absolute Gasteiger partial charge is 0.389 e. The third kappa shape index (κ3) is 1.46. The predicted molar refractivity (Wildman–Crippen MR) is 62.4 cm³/mol. The van der Waals surface area contributed by atoms with E-state index < -0.39 is 0 Å². The molecule has 14 heavy (non-hydrogen) atoms. The summed E-state index contributed by atoms with van der Waals surface area (Å²) in [5.41, 5.74) is 8.32. The lowest BCUT2D eigenvalue weighted by molar-refractivity contribution is 1.24. The van der Waals surface area contributed by atoms with Gasteiger partial charge in [0.1, 0.15) is 4.99 Å². The molecule has 0 radical (unpaired) electrons. The van der Waals surface area contributed by atoms with Gasteiger partial charge < -0.3 is 5.73 Å². The summed E-state index contributed by atoms with van der Waals surface area (Å²) in [7, 11) is 0. The molecule has 0 aliphatic carbocycles. The molecule has 0 amide bonds. The maximum Gasteiger partial charge on any atom is 0.105 e. The van der Waals surface area contributed by atoms with E-state index in [-0.39, 0.29) is 0 Å². The Morgan fingerprint density at radius 3 is 2.79 bits per heavy atom. The molecule has 0 bridgehead atoms. The first-order chi connectivity index (χ1) is 6.68. The van der Waals surface area contributed by atoms with Crippen LogP contribution in [-0.2, 0) is 0 Å². The topological polar surface area (TPSA) is 38.9 Å². The molecule has 0 aliphatic rings. The van der Waals surface area contributed by atoms with Gasteiger partial charge in [-0.25, -0.2) is 0 Å². The highest BCUT2D eigenvalue weighted by Crippen LogP contribution is 2.15. The molecular formula is C11H10N2S. The van der Waals surface area contributed by atoms with Crippen molar-refractivity contribution in [3.05, 3.63) is 41.6 Å². The average Bonchev–Trinajstić information content (AvgIpc) is 2.16. The fourth-order valence-corrected chi connectivity index (χ4v) is 1.67. The third-order valence-corrected chi connectivity index (χ3v) is 2.40. The molecule has 0 atom stereocenters. The third-order valence-electron chi connectivity index (χ3n) is 2.18. The lowest BCUT2D eigenvalue weighted by Crippen LogP contribution is -2.12. The molecule has 2 rings (SSSR count). The van der Waals surface area contributed by atoms with Gasteiger partial charge in [0.05, 0.1) is 5.52 Å². The van der Waals surface area contributed by atoms with Crippen molar-refractivity contribution in [2.24, 2.45) is 5.73 Å². The average molecular weight is 202 g/mol. The Morgan fingerprint density at radius 2 is 2.07 bits per heavy atom. The second-order valence-electron chi connectivity index (χ2n) is 3.18. The molecule has 70 valence electrons. The van der Waals surface area contributed by atoms with E-state index in [0.717, 1.165) is 22.2 Å². The van der Waals surface area contributed by atoms with Gasteiger partial charge in [0.25, 0.3) is 0 Å². The Kier molecular flexibility index (Phi) is 2.17. The van der Waals surface area contributed by atoms with Crippen LogP contribution in [-0.4, -0.2) is 9.97 Å². The van der Waals surface area contributed by atoms with E-state index in [1.807, 2.05) is 37.3 Å². The molecule has 2 N–H and O–H groups in total. The van der Waals surface area contributed by atoms with Crippen LogP contribution in [0.15, 0.2) is 30.3 Å². The molecule has 0 aliphatic heterocycles. The molecular weight excluding hydrogens is 192 g/mol. The maximum atomic E-state index is 5.60. The summed E-state index contributed by atoms with van der Waals surface area (Å²) in [4.78, 5) is 4.83. The van der Waals surface area contributed by atoms with Crippen molar-refractivity contribution in [1.29, 1.82) is 0 Å². The normalized spacial score (nSPS) is 10.4. The van der Waals surface area contributed by atoms with E-state index in [9.17, 15) is 0 Å². The Balaban J connectivity index is 2.77. The van der Waals surface area contributed by atoms with Crippen molar-refractivity contribution < 1.29 is 0 Å². The van der Waals surface area contributed by atoms with Gasteiger partial charge in [-0.15, -0.1) is 0 Å². The number of nitrogens with two attached hydrogens (primary N) is 1. The Morgan fingerprint density at radius 1 is 1.36 bits per heavy atom. The Hall–Kier alpha value is -1.48. The van der Waals surface area contributed by atoms with Crippen LogP contribution in [0.2, 0.25) is 0 Å². The van der Waals surface area contributed by atoms with Gasteiger partial charge in [0.2, 0.25) is 0 Å². The van der Waals surface area contributed by atoms with E-state index in [1.165, 1.54) is 0 Å². The summed E-state index contributed by atoms with van der Waals surface area (Å²) < 4.78 is 0. The number of thiocarbonyl (C=S) groups is 1. The van der Waals surface area contributed by atoms with Crippen molar-refractivity contribution >= 4 is 28.1 Å². The number of hydrogen-bond donors (Lipinski definition) is 1. The lowest BCUT2D eigenvalue weighted by Gasteiger charge is -2.04. The molecule has 1 heterocycles. The summed E-state index contributed by atoms with van der Waals surface area (Å²) in [6.07, 6.45) is 0. The van der Waals surface area contributed by atoms with Crippen molar-refractivity contribution in [3.8, 4) is 0 Å². The van der Waals surface area contributed by atoms with Gasteiger partial charge in [0, 0.05) is 16.6 Å². The van der Waals surface area contributed by atoms with Crippen LogP contribution >= 0.6 is 12.2 Å². The summed E-state index contributed by atoms with van der Waals surface area (Å²) in [5, 5.41) is 1.07. The number of fused-ring (bicyclic) bond motifs is 1. The summed E-state index contributed by atoms with van der Waals surface area (Å²) in [6, 6.07) is 9.91. The van der Waals surface area contributed by atoms with E-state index in [0.29, 0.717) is 4.99 Å². The molecule has 3 heteroatoms. The van der Waals surface area contributed by atoms with Crippen LogP contribution in [0.5, 0.6) is 0 Å². The highest BCUT2D eigenvalue weighted by atomic mass is 32.1. The minimum absolute atomic E-state index is 0.403. The van der Waals surface area contributed by atoms with E-state index in [2.05, 4.69) is 4.98 Å². The molecule has 0 fully saturated rings. The van der Waals surface area contributed by atoms with Crippen molar-refractivity contribution in [3.63, 3.8) is 0 Å². The number of hydrogen-bond acceptors (Lipinski definition) is 2. The predicted octanol–water partition coefficient (Wildman–Crippen LogP) is 2.18. The number of rotatable bonds is 1. The van der Waals surface area contributed by atoms with Gasteiger partial charge in [-0.05, 0) is 19.1 Å². The second kappa shape index (κ2) is 3.35. The van der Waals surface area contributed by atoms with Crippen molar-refractivity contribution in [2.75, 3.05) is 0 Å². The van der Waals surface area contributed by atoms with Crippen LogP contribution in [0.4, 0.5) is 0 Å². The molecule has 1 aromatic carbocycles. The molecule has 0 saturated heterocycles. The molecule has 1 aromatic heterocycles. The van der Waals surface area contributed by atoms with E-state index in [4.69, 9.17) is 18.0 Å². The van der Waals surface area contributed by atoms with Gasteiger partial charge in [0.15, 0.2) is 0 Å². The van der Waals surface area contributed by atoms with E-state index in [1.54, 1.807) is 0 Å². The highest BCUT2D eigenvalue weighted by Gasteiger charge is 2.04. The first-order valence-electron chi connectivity index (χ1n) is 4.34. The van der Waals surface area contributed by atoms with Crippen molar-refractivity contribution in [2.45, 2.75) is 6.92 Å². The van der Waals surface area contributed by atoms with E-state index >= 15 is 0 Å². The minimum Gasteiger partial charge on any atom is -0.389 e. The first kappa shape index (κ1) is 9.09. The molecule has 2 nitrogen and oxygen atoms in total. The fourth-order valence-electron chi connectivity index (χ4n) is 1.46. The zero-order valence-electron chi connectivity index (χ0n) is 7.82. The second-order valence-corrected chi connectivity index (χ2v) is 3.62. The quantitative estimate of drug-likeness (QED) is 0.720. The smallest absolute Gasteiger partial charge is 0.105 e. The molecule has 0 spiro atoms. The van der Waals surface area contributed by atoms with Crippen LogP contribution in [0, 0.1) is 6.92 Å². The zero-order chi connectivity index (χ0) is 10.1. The Labute approximate surface area is 87.8 Å². The first-order valence-corrected chi connectivity index (χ1v) is 4.75. The maximum absolute atomic E-state index is 5.60. The van der Waals surface area contributed by atoms with Crippen LogP contribution in [0.3, 0.4) is 0 Å². The van der Waals surface area contributed by atoms with Crippen molar-refractivity contribution in [1.82, 2.24) is 4.98 Å². The minimum atomic E-state index is 0.403. The number of benzene rings is 1. The number of nitrogens with zero attached hydrogens (tertiary/aromatic N) is 1. The molecule has 0 unspecified atom stereocenters. The van der Waals surface area contributed by atoms with Gasteiger partial charge >= 0.3 is 0 Å². The SMILES string of the molecule is Cc1nc2ccccc2cc1C(N)=S. The fraction of sp³-hybridized carbons (Fsp3) is 0.0909. The Bertz CT molecular complexity index is 506. The summed E-state index contributed by atoms with van der Waals surface area (Å²) in [5.74, 6) is 0. The molecule has 0 saturated carbocycles. The standard InChI is InChI=1S/C11H10N2S/c1-7-9(11(12)14)6-8-4-2-3-5-10(8)13-7/h2-6H,1H3,(H2,12,14). The zero-order valence-corrected chi connectivity index (χ0v) is 8.64. The lowest BCUT2D eigenvalue weighted by atomic mass is 10.1. The van der Waals surface area contributed by atoms with Crippen LogP contribution < -0.4 is 5.73 Å².